The number of hydrogen-bond acceptors (Lipinski definition) is 4. The molecule has 1 aromatic rings. The molecule has 0 spiro atoms. The monoisotopic (exact) mass is 282 g/mol. The van der Waals surface area contributed by atoms with Crippen molar-refractivity contribution in [2.75, 3.05) is 14.2 Å². The van der Waals surface area contributed by atoms with E-state index in [4.69, 9.17) is 9.72 Å². The third-order valence-corrected chi connectivity index (χ3v) is 5.45. The van der Waals surface area contributed by atoms with Gasteiger partial charge in [-0.25, -0.2) is 4.98 Å². The molecule has 3 nitrogen and oxygen atoms in total. The van der Waals surface area contributed by atoms with E-state index >= 15 is 0 Å². The molecule has 0 aromatic carbocycles. The summed E-state index contributed by atoms with van der Waals surface area (Å²) in [6, 6.07) is 0. The van der Waals surface area contributed by atoms with E-state index < -0.39 is 0 Å². The molecule has 0 aliphatic heterocycles. The van der Waals surface area contributed by atoms with Gasteiger partial charge in [0, 0.05) is 24.4 Å². The van der Waals surface area contributed by atoms with Crippen LogP contribution < -0.4 is 5.32 Å². The molecule has 1 N–H and O–H groups in total. The van der Waals surface area contributed by atoms with Crippen LogP contribution in [0.15, 0.2) is 0 Å². The fraction of sp³-hybridized carbons (Fsp3) is 0.800. The molecule has 1 aliphatic carbocycles. The van der Waals surface area contributed by atoms with Crippen molar-refractivity contribution in [3.05, 3.63) is 15.6 Å². The first kappa shape index (κ1) is 14.9. The minimum Gasteiger partial charge on any atom is -0.378 e. The van der Waals surface area contributed by atoms with Crippen LogP contribution in [0.2, 0.25) is 0 Å². The Labute approximate surface area is 120 Å². The van der Waals surface area contributed by atoms with Crippen LogP contribution >= 0.6 is 11.3 Å². The Hall–Kier alpha value is -0.450. The maximum Gasteiger partial charge on any atom is 0.0963 e. The number of nitrogens with one attached hydrogen (secondary N) is 1. The molecule has 0 unspecified atom stereocenters. The molecule has 1 heterocycles. The number of aromatic nitrogens is 1. The zero-order chi connectivity index (χ0) is 13.7. The van der Waals surface area contributed by atoms with Crippen LogP contribution in [0.3, 0.4) is 0 Å². The van der Waals surface area contributed by atoms with Gasteiger partial charge in [0.05, 0.1) is 17.3 Å². The lowest BCUT2D eigenvalue weighted by molar-refractivity contribution is 0.181. The summed E-state index contributed by atoms with van der Waals surface area (Å²) in [5.74, 6) is 1.64. The summed E-state index contributed by atoms with van der Waals surface area (Å²) in [6.45, 7) is 3.86. The van der Waals surface area contributed by atoms with E-state index in [0.717, 1.165) is 18.2 Å². The number of thiazole rings is 1. The molecule has 1 saturated carbocycles. The summed E-state index contributed by atoms with van der Waals surface area (Å²) in [4.78, 5) is 6.19. The second kappa shape index (κ2) is 7.36. The van der Waals surface area contributed by atoms with E-state index in [0.29, 0.717) is 12.5 Å². The number of methoxy groups -OCH3 is 1. The summed E-state index contributed by atoms with van der Waals surface area (Å²) >= 11 is 1.89. The van der Waals surface area contributed by atoms with Gasteiger partial charge in [0.15, 0.2) is 0 Å². The fourth-order valence-corrected chi connectivity index (χ4v) is 4.19. The number of ether oxygens (including phenoxy) is 1. The first-order valence-corrected chi connectivity index (χ1v) is 8.22. The van der Waals surface area contributed by atoms with E-state index in [-0.39, 0.29) is 0 Å². The van der Waals surface area contributed by atoms with Gasteiger partial charge < -0.3 is 10.1 Å². The third-order valence-electron chi connectivity index (χ3n) is 4.19. The summed E-state index contributed by atoms with van der Waals surface area (Å²) in [7, 11) is 3.73. The number of nitrogens with zero attached hydrogens (tertiary/aromatic N) is 1. The molecule has 19 heavy (non-hydrogen) atoms. The van der Waals surface area contributed by atoms with E-state index in [1.807, 2.05) is 18.4 Å². The van der Waals surface area contributed by atoms with Crippen LogP contribution in [0.5, 0.6) is 0 Å². The van der Waals surface area contributed by atoms with Crippen LogP contribution in [0.1, 0.15) is 60.5 Å². The van der Waals surface area contributed by atoms with Gasteiger partial charge in [-0.15, -0.1) is 11.3 Å². The molecule has 1 aliphatic rings. The van der Waals surface area contributed by atoms with Gasteiger partial charge in [-0.2, -0.15) is 0 Å². The molecule has 0 amide bonds. The zero-order valence-corrected chi connectivity index (χ0v) is 13.2. The van der Waals surface area contributed by atoms with Crippen molar-refractivity contribution in [2.45, 2.75) is 58.1 Å². The second-order valence-electron chi connectivity index (χ2n) is 5.51. The Morgan fingerprint density at radius 1 is 1.32 bits per heavy atom. The van der Waals surface area contributed by atoms with Crippen LogP contribution in [-0.4, -0.2) is 19.1 Å². The van der Waals surface area contributed by atoms with Gasteiger partial charge in [-0.3, -0.25) is 0 Å². The Bertz CT molecular complexity index is 360. The first-order valence-electron chi connectivity index (χ1n) is 7.40. The average Bonchev–Trinajstić information content (AvgIpc) is 2.83. The molecule has 108 valence electrons. The van der Waals surface area contributed by atoms with Crippen molar-refractivity contribution < 1.29 is 4.74 Å². The number of rotatable bonds is 6. The molecule has 1 aromatic heterocycles. The molecule has 0 saturated heterocycles. The van der Waals surface area contributed by atoms with Crippen LogP contribution in [0, 0.1) is 5.92 Å². The minimum absolute atomic E-state index is 0.637. The molecular formula is C15H26N2OS. The summed E-state index contributed by atoms with van der Waals surface area (Å²) in [5, 5.41) is 4.57. The highest BCUT2D eigenvalue weighted by Gasteiger charge is 2.24. The Morgan fingerprint density at radius 3 is 2.63 bits per heavy atom. The topological polar surface area (TPSA) is 34.1 Å². The number of hydrogen-bond donors (Lipinski definition) is 1. The van der Waals surface area contributed by atoms with Gasteiger partial charge in [-0.05, 0) is 38.6 Å². The lowest BCUT2D eigenvalue weighted by atomic mass is 9.81. The fourth-order valence-electron chi connectivity index (χ4n) is 2.94. The predicted molar refractivity (Wildman–Crippen MR) is 80.6 cm³/mol. The highest BCUT2D eigenvalue weighted by Crippen LogP contribution is 2.39. The Balaban J connectivity index is 2.05. The van der Waals surface area contributed by atoms with Crippen LogP contribution in [0.4, 0.5) is 0 Å². The van der Waals surface area contributed by atoms with Crippen molar-refractivity contribution >= 4 is 11.3 Å². The van der Waals surface area contributed by atoms with Gasteiger partial charge in [0.25, 0.3) is 0 Å². The van der Waals surface area contributed by atoms with Crippen molar-refractivity contribution in [3.63, 3.8) is 0 Å². The summed E-state index contributed by atoms with van der Waals surface area (Å²) in [5.41, 5.74) is 1.13. The second-order valence-corrected chi connectivity index (χ2v) is 6.63. The zero-order valence-electron chi connectivity index (χ0n) is 12.4. The maximum atomic E-state index is 5.27. The highest BCUT2D eigenvalue weighted by atomic mass is 32.1. The average molecular weight is 282 g/mol. The first-order chi connectivity index (χ1) is 9.28. The third kappa shape index (κ3) is 3.77. The van der Waals surface area contributed by atoms with Crippen LogP contribution in [0.25, 0.3) is 0 Å². The Kier molecular flexibility index (Phi) is 5.79. The summed E-state index contributed by atoms with van der Waals surface area (Å²) in [6.07, 6.45) is 6.73. The molecule has 2 rings (SSSR count). The van der Waals surface area contributed by atoms with Crippen molar-refractivity contribution in [1.29, 1.82) is 0 Å². The van der Waals surface area contributed by atoms with Crippen molar-refractivity contribution in [2.24, 2.45) is 5.92 Å². The molecule has 4 heteroatoms. The molecular weight excluding hydrogens is 256 g/mol. The SMILES string of the molecule is CCC1CCC(c2nc(COC)c(CNC)s2)CC1. The Morgan fingerprint density at radius 2 is 2.05 bits per heavy atom. The van der Waals surface area contributed by atoms with E-state index in [1.54, 1.807) is 7.11 Å². The lowest BCUT2D eigenvalue weighted by Crippen LogP contribution is -2.12. The molecule has 1 fully saturated rings. The van der Waals surface area contributed by atoms with Gasteiger partial charge in [-0.1, -0.05) is 13.3 Å². The lowest BCUT2D eigenvalue weighted by Gasteiger charge is -2.26. The van der Waals surface area contributed by atoms with Gasteiger partial charge in [0.1, 0.15) is 0 Å². The maximum absolute atomic E-state index is 5.27. The summed E-state index contributed by atoms with van der Waals surface area (Å²) < 4.78 is 5.27. The standard InChI is InChI=1S/C15H26N2OS/c1-4-11-5-7-12(8-6-11)15-17-13(10-18-3)14(19-15)9-16-2/h11-12,16H,4-10H2,1-3H3. The van der Waals surface area contributed by atoms with Gasteiger partial charge >= 0.3 is 0 Å². The van der Waals surface area contributed by atoms with E-state index in [2.05, 4.69) is 12.2 Å². The molecule has 0 bridgehead atoms. The van der Waals surface area contributed by atoms with Crippen LogP contribution in [-0.2, 0) is 17.9 Å². The minimum atomic E-state index is 0.637. The van der Waals surface area contributed by atoms with Crippen molar-refractivity contribution in [3.8, 4) is 0 Å². The molecule has 0 radical (unpaired) electrons. The normalized spacial score (nSPS) is 23.7. The van der Waals surface area contributed by atoms with E-state index in [9.17, 15) is 0 Å². The largest absolute Gasteiger partial charge is 0.378 e. The smallest absolute Gasteiger partial charge is 0.0963 e. The quantitative estimate of drug-likeness (QED) is 0.864. The van der Waals surface area contributed by atoms with Gasteiger partial charge in [0.2, 0.25) is 0 Å². The predicted octanol–water partition coefficient (Wildman–Crippen LogP) is 3.69. The van der Waals surface area contributed by atoms with E-state index in [1.165, 1.54) is 42.0 Å². The molecule has 0 atom stereocenters. The van der Waals surface area contributed by atoms with Crippen molar-refractivity contribution in [1.82, 2.24) is 10.3 Å². The highest BCUT2D eigenvalue weighted by molar-refractivity contribution is 7.11.